The lowest BCUT2D eigenvalue weighted by Crippen LogP contribution is -2.54. The van der Waals surface area contributed by atoms with Gasteiger partial charge in [-0.3, -0.25) is 19.3 Å². The van der Waals surface area contributed by atoms with Gasteiger partial charge in [-0.15, -0.1) is 11.8 Å². The summed E-state index contributed by atoms with van der Waals surface area (Å²) >= 11 is 1.72. The highest BCUT2D eigenvalue weighted by Gasteiger charge is 2.73. The zero-order valence-electron chi connectivity index (χ0n) is 22.7. The van der Waals surface area contributed by atoms with Crippen LogP contribution >= 0.6 is 11.8 Å². The number of nitrogens with one attached hydrogen (secondary N) is 2. The second kappa shape index (κ2) is 13.0. The van der Waals surface area contributed by atoms with Gasteiger partial charge in [0.15, 0.2) is 0 Å². The minimum atomic E-state index is -0.556. The molecule has 214 valence electrons. The summed E-state index contributed by atoms with van der Waals surface area (Å²) in [7, 11) is 0. The number of nitrogens with zero attached hydrogens (tertiary/aromatic N) is 2. The van der Waals surface area contributed by atoms with E-state index in [1.165, 1.54) is 0 Å². The highest BCUT2D eigenvalue weighted by Crippen LogP contribution is 2.66. The van der Waals surface area contributed by atoms with Gasteiger partial charge in [0.1, 0.15) is 6.04 Å². The second-order valence-electron chi connectivity index (χ2n) is 11.2. The molecule has 3 amide bonds. The molecule has 4 aliphatic rings. The molecule has 9 nitrogen and oxygen atoms in total. The zero-order chi connectivity index (χ0) is 27.2. The van der Waals surface area contributed by atoms with Crippen LogP contribution in [0.4, 0.5) is 0 Å². The predicted octanol–water partition coefficient (Wildman–Crippen LogP) is 1.40. The molecule has 5 rings (SSSR count). The molecule has 1 spiro atoms. The van der Waals surface area contributed by atoms with Crippen LogP contribution in [0.5, 0.6) is 0 Å². The summed E-state index contributed by atoms with van der Waals surface area (Å²) in [6, 6.07) is 9.25. The third-order valence-electron chi connectivity index (χ3n) is 8.80. The Morgan fingerprint density at radius 3 is 2.56 bits per heavy atom. The molecule has 39 heavy (non-hydrogen) atoms. The van der Waals surface area contributed by atoms with Crippen LogP contribution in [0.2, 0.25) is 0 Å². The molecule has 2 bridgehead atoms. The Morgan fingerprint density at radius 2 is 1.79 bits per heavy atom. The van der Waals surface area contributed by atoms with Gasteiger partial charge >= 0.3 is 0 Å². The SMILES string of the molecule is O=C(NCCN1CCOCC1)C1N(CCCCCCO)C(=O)[C@@H]2[C@@H](C(=O)NCc3ccccc3)[C@H]3CCC12S3. The largest absolute Gasteiger partial charge is 0.396 e. The highest BCUT2D eigenvalue weighted by molar-refractivity contribution is 8.02. The molecule has 5 atom stereocenters. The molecule has 4 saturated heterocycles. The van der Waals surface area contributed by atoms with Gasteiger partial charge < -0.3 is 25.4 Å². The van der Waals surface area contributed by atoms with Crippen molar-refractivity contribution in [2.75, 3.05) is 52.5 Å². The van der Waals surface area contributed by atoms with E-state index in [2.05, 4.69) is 15.5 Å². The normalized spacial score (nSPS) is 30.0. The van der Waals surface area contributed by atoms with E-state index in [1.54, 1.807) is 16.7 Å². The van der Waals surface area contributed by atoms with Crippen molar-refractivity contribution in [1.29, 1.82) is 0 Å². The second-order valence-corrected chi connectivity index (χ2v) is 12.8. The molecule has 10 heteroatoms. The minimum absolute atomic E-state index is 0.0416. The first-order valence-electron chi connectivity index (χ1n) is 14.5. The van der Waals surface area contributed by atoms with Gasteiger partial charge in [-0.2, -0.15) is 0 Å². The topological polar surface area (TPSA) is 111 Å². The Bertz CT molecular complexity index is 1010. The lowest BCUT2D eigenvalue weighted by atomic mass is 9.70. The number of unbranched alkanes of at least 4 members (excludes halogenated alkanes) is 3. The summed E-state index contributed by atoms with van der Waals surface area (Å²) in [5.41, 5.74) is 1.02. The average molecular weight is 559 g/mol. The molecule has 2 unspecified atom stereocenters. The van der Waals surface area contributed by atoms with E-state index < -0.39 is 22.6 Å². The molecule has 4 aliphatic heterocycles. The Labute approximate surface area is 235 Å². The number of amides is 3. The quantitative estimate of drug-likeness (QED) is 0.314. The number of carbonyl (C=O) groups is 3. The molecule has 1 aromatic rings. The Morgan fingerprint density at radius 1 is 1.03 bits per heavy atom. The van der Waals surface area contributed by atoms with Crippen LogP contribution in [0.1, 0.15) is 44.1 Å². The van der Waals surface area contributed by atoms with E-state index in [0.29, 0.717) is 32.8 Å². The molecule has 0 aliphatic carbocycles. The van der Waals surface area contributed by atoms with E-state index in [-0.39, 0.29) is 29.6 Å². The van der Waals surface area contributed by atoms with Crippen molar-refractivity contribution in [2.24, 2.45) is 11.8 Å². The van der Waals surface area contributed by atoms with Crippen molar-refractivity contribution in [2.45, 2.75) is 61.1 Å². The number of likely N-dealkylation sites (tertiary alicyclic amines) is 1. The molecule has 0 saturated carbocycles. The number of carbonyl (C=O) groups excluding carboxylic acids is 3. The van der Waals surface area contributed by atoms with Crippen LogP contribution in [0.3, 0.4) is 0 Å². The van der Waals surface area contributed by atoms with Gasteiger partial charge in [0.05, 0.1) is 29.8 Å². The zero-order valence-corrected chi connectivity index (χ0v) is 23.5. The number of morpholine rings is 1. The molecule has 0 radical (unpaired) electrons. The van der Waals surface area contributed by atoms with Crippen LogP contribution in [0, 0.1) is 11.8 Å². The van der Waals surface area contributed by atoms with Crippen molar-refractivity contribution in [3.63, 3.8) is 0 Å². The third kappa shape index (κ3) is 5.99. The van der Waals surface area contributed by atoms with Crippen molar-refractivity contribution in [3.05, 3.63) is 35.9 Å². The smallest absolute Gasteiger partial charge is 0.244 e. The van der Waals surface area contributed by atoms with Gasteiger partial charge in [-0.1, -0.05) is 43.2 Å². The van der Waals surface area contributed by atoms with Crippen LogP contribution in [-0.2, 0) is 25.7 Å². The van der Waals surface area contributed by atoms with Gasteiger partial charge in [-0.25, -0.2) is 0 Å². The fourth-order valence-electron chi connectivity index (χ4n) is 6.90. The van der Waals surface area contributed by atoms with Crippen LogP contribution in [-0.4, -0.2) is 101 Å². The molecular weight excluding hydrogens is 516 g/mol. The first-order valence-corrected chi connectivity index (χ1v) is 15.4. The lowest BCUT2D eigenvalue weighted by molar-refractivity contribution is -0.140. The molecule has 4 fully saturated rings. The van der Waals surface area contributed by atoms with Crippen molar-refractivity contribution < 1.29 is 24.2 Å². The first kappa shape index (κ1) is 28.4. The van der Waals surface area contributed by atoms with E-state index in [4.69, 9.17) is 9.84 Å². The summed E-state index contributed by atoms with van der Waals surface area (Å²) in [5, 5.41) is 15.4. The number of hydrogen-bond donors (Lipinski definition) is 3. The van der Waals surface area contributed by atoms with E-state index in [1.807, 2.05) is 30.3 Å². The number of hydrogen-bond acceptors (Lipinski definition) is 7. The van der Waals surface area contributed by atoms with E-state index in [0.717, 1.165) is 63.7 Å². The summed E-state index contributed by atoms with van der Waals surface area (Å²) < 4.78 is 4.87. The number of ether oxygens (including phenoxy) is 1. The van der Waals surface area contributed by atoms with Crippen molar-refractivity contribution in [1.82, 2.24) is 20.4 Å². The fraction of sp³-hybridized carbons (Fsp3) is 0.690. The molecule has 3 N–H and O–H groups in total. The van der Waals surface area contributed by atoms with Crippen LogP contribution in [0.15, 0.2) is 30.3 Å². The fourth-order valence-corrected chi connectivity index (χ4v) is 9.12. The van der Waals surface area contributed by atoms with Gasteiger partial charge in [0.25, 0.3) is 0 Å². The number of benzene rings is 1. The first-order chi connectivity index (χ1) is 19.0. The maximum Gasteiger partial charge on any atom is 0.244 e. The van der Waals surface area contributed by atoms with E-state index in [9.17, 15) is 14.4 Å². The molecule has 1 aromatic carbocycles. The predicted molar refractivity (Wildman–Crippen MR) is 150 cm³/mol. The number of thioether (sulfide) groups is 1. The summed E-state index contributed by atoms with van der Waals surface area (Å²) in [6.07, 6.45) is 4.94. The highest BCUT2D eigenvalue weighted by atomic mass is 32.2. The Kier molecular flexibility index (Phi) is 9.48. The average Bonchev–Trinajstić information content (AvgIpc) is 3.60. The minimum Gasteiger partial charge on any atom is -0.396 e. The Balaban J connectivity index is 1.29. The van der Waals surface area contributed by atoms with Crippen molar-refractivity contribution >= 4 is 29.5 Å². The number of rotatable bonds is 13. The maximum atomic E-state index is 14.0. The number of aliphatic hydroxyl groups excluding tert-OH is 1. The van der Waals surface area contributed by atoms with E-state index >= 15 is 0 Å². The van der Waals surface area contributed by atoms with Crippen LogP contribution < -0.4 is 10.6 Å². The third-order valence-corrected chi connectivity index (χ3v) is 10.8. The Hall–Kier alpha value is -2.14. The summed E-state index contributed by atoms with van der Waals surface area (Å²) in [5.74, 6) is -1.09. The number of fused-ring (bicyclic) bond motifs is 1. The molecule has 4 heterocycles. The maximum absolute atomic E-state index is 14.0. The standard InChI is InChI=1S/C29H42N4O5S/c34-17-7-2-1-6-13-33-25(27(36)30-12-14-32-15-18-38-19-16-32)29-11-10-22(39-29)23(24(29)28(33)37)26(35)31-20-21-8-4-3-5-9-21/h3-5,8-9,22-25,34H,1-2,6-7,10-20H2,(H,30,36)(H,31,35)/t22-,23+,24+,25?,29?/m1/s1. The molecular formula is C29H42N4O5S. The van der Waals surface area contributed by atoms with Gasteiger partial charge in [0.2, 0.25) is 17.7 Å². The van der Waals surface area contributed by atoms with Crippen molar-refractivity contribution in [3.8, 4) is 0 Å². The molecule has 0 aromatic heterocycles. The summed E-state index contributed by atoms with van der Waals surface area (Å²) in [6.45, 7) is 5.55. The van der Waals surface area contributed by atoms with Crippen LogP contribution in [0.25, 0.3) is 0 Å². The van der Waals surface area contributed by atoms with Gasteiger partial charge in [0, 0.05) is 51.1 Å². The number of aliphatic hydroxyl groups is 1. The monoisotopic (exact) mass is 558 g/mol. The summed E-state index contributed by atoms with van der Waals surface area (Å²) in [4.78, 5) is 45.4. The van der Waals surface area contributed by atoms with Gasteiger partial charge in [-0.05, 0) is 31.2 Å². The lowest BCUT2D eigenvalue weighted by Gasteiger charge is -2.34.